The molecule has 8 bridgehead atoms. The first-order valence-electron chi connectivity index (χ1n) is 21.4. The molecule has 7 heterocycles. The molecule has 4 aliphatic rings. The van der Waals surface area contributed by atoms with Crippen molar-refractivity contribution >= 4 is 107 Å². The normalized spacial score (nSPS) is 14.5. The Balaban J connectivity index is 1.38. The zero-order chi connectivity index (χ0) is 43.0. The van der Waals surface area contributed by atoms with Crippen molar-refractivity contribution in [2.24, 2.45) is 0 Å². The highest BCUT2D eigenvalue weighted by molar-refractivity contribution is 9.10. The minimum atomic E-state index is -0.0761. The number of aromatic nitrogens is 8. The average Bonchev–Trinajstić information content (AvgIpc) is 4.11. The SMILES string of the molecule is CCc1c2c(c(CC)c3c4nc5nc(nc6[nH]c(nc7nc(nc([nH]4)c13)-c1ccc(C(C)(C)C)cc1-7)c1c(CC)c3c(c(CC)c61)SSS3)-c1ccc(C(C)(C)C)cc1-5)SSS2. The van der Waals surface area contributed by atoms with Crippen LogP contribution < -0.4 is 0 Å². The molecule has 2 N–H and O–H groups in total. The lowest BCUT2D eigenvalue weighted by molar-refractivity contribution is 0.590. The Bertz CT molecular complexity index is 3060. The van der Waals surface area contributed by atoms with Gasteiger partial charge in [-0.05, 0) is 145 Å². The maximum atomic E-state index is 5.56. The molecule has 0 saturated carbocycles. The van der Waals surface area contributed by atoms with Crippen molar-refractivity contribution in [3.05, 3.63) is 69.8 Å². The summed E-state index contributed by atoms with van der Waals surface area (Å²) in [7, 11) is 11.1. The molecule has 0 unspecified atom stereocenters. The summed E-state index contributed by atoms with van der Waals surface area (Å²) in [6.45, 7) is 22.5. The number of nitrogens with zero attached hydrogens (tertiary/aromatic N) is 6. The van der Waals surface area contributed by atoms with E-state index in [-0.39, 0.29) is 10.8 Å². The van der Waals surface area contributed by atoms with Crippen molar-refractivity contribution < 1.29 is 0 Å². The second kappa shape index (κ2) is 14.9. The first-order chi connectivity index (χ1) is 29.8. The van der Waals surface area contributed by atoms with Gasteiger partial charge >= 0.3 is 0 Å². The van der Waals surface area contributed by atoms with Crippen LogP contribution in [0.1, 0.15) is 103 Å². The van der Waals surface area contributed by atoms with Gasteiger partial charge in [-0.25, -0.2) is 29.9 Å². The predicted octanol–water partition coefficient (Wildman–Crippen LogP) is 15.2. The van der Waals surface area contributed by atoms with Gasteiger partial charge in [-0.2, -0.15) is 0 Å². The average molecular weight is 927 g/mol. The van der Waals surface area contributed by atoms with Gasteiger partial charge in [0.15, 0.2) is 23.3 Å². The number of fused-ring (bicyclic) bond motifs is 22. The van der Waals surface area contributed by atoms with E-state index in [2.05, 4.69) is 116 Å². The fourth-order valence-corrected chi connectivity index (χ4v) is 19.3. The standard InChI is InChI=1S/C48H46N8S6/c1-11-23-31-33(25(13-3)37-35(23)57-61-59-37)45-53-41-30-20-22(48(8,9)10)16-18-28(30)40(50-41)52-44-32-24(12-2)36-38(60-62-58-36)26(14-4)34(32)46(56-44)54-42-29-19-21(47(5,6)7)15-17-27(29)39(49-42)51-43(31)55-45/h15-20H,11-14H2,1-10H3,(H2,49,50,51,52,53,54,55,56). The highest BCUT2D eigenvalue weighted by Gasteiger charge is 2.32. The summed E-state index contributed by atoms with van der Waals surface area (Å²) in [5, 5.41) is 4.45. The smallest absolute Gasteiger partial charge is 0.164 e. The molecule has 14 heteroatoms. The lowest BCUT2D eigenvalue weighted by atomic mass is 9.85. The number of hydrogen-bond donors (Lipinski definition) is 2. The summed E-state index contributed by atoms with van der Waals surface area (Å²) in [6.07, 6.45) is 3.43. The fourth-order valence-electron chi connectivity index (χ4n) is 9.32. The number of benzene rings is 4. The molecule has 3 aromatic heterocycles. The van der Waals surface area contributed by atoms with Crippen LogP contribution in [0.25, 0.3) is 89.7 Å². The molecule has 0 aliphatic carbocycles. The van der Waals surface area contributed by atoms with Crippen LogP contribution in [-0.4, -0.2) is 39.9 Å². The number of nitrogens with one attached hydrogen (secondary N) is 2. The van der Waals surface area contributed by atoms with E-state index in [0.717, 1.165) is 92.1 Å². The third-order valence-electron chi connectivity index (χ3n) is 12.5. The van der Waals surface area contributed by atoms with Crippen LogP contribution in [0.5, 0.6) is 0 Å². The molecule has 11 rings (SSSR count). The second-order valence-electron chi connectivity index (χ2n) is 18.2. The van der Waals surface area contributed by atoms with E-state index in [0.29, 0.717) is 23.3 Å². The third kappa shape index (κ3) is 6.24. The zero-order valence-corrected chi connectivity index (χ0v) is 41.3. The van der Waals surface area contributed by atoms with Gasteiger partial charge in [0.2, 0.25) is 0 Å². The molecule has 4 aliphatic heterocycles. The van der Waals surface area contributed by atoms with Crippen molar-refractivity contribution in [3.63, 3.8) is 0 Å². The molecular weight excluding hydrogens is 881 g/mol. The fraction of sp³-hybridized carbons (Fsp3) is 0.333. The summed E-state index contributed by atoms with van der Waals surface area (Å²) in [4.78, 5) is 45.9. The van der Waals surface area contributed by atoms with E-state index < -0.39 is 0 Å². The highest BCUT2D eigenvalue weighted by atomic mass is 33.5. The Kier molecular flexibility index (Phi) is 9.90. The molecule has 0 atom stereocenters. The summed E-state index contributed by atoms with van der Waals surface area (Å²) in [6, 6.07) is 13.4. The summed E-state index contributed by atoms with van der Waals surface area (Å²) >= 11 is 0. The van der Waals surface area contributed by atoms with E-state index in [1.54, 1.807) is 0 Å². The number of H-pyrrole nitrogens is 2. The van der Waals surface area contributed by atoms with Gasteiger partial charge in [-0.15, -0.1) is 0 Å². The molecule has 0 fully saturated rings. The van der Waals surface area contributed by atoms with E-state index in [4.69, 9.17) is 29.9 Å². The van der Waals surface area contributed by atoms with E-state index in [1.165, 1.54) is 53.0 Å². The lowest BCUT2D eigenvalue weighted by Gasteiger charge is -2.19. The van der Waals surface area contributed by atoms with Crippen LogP contribution in [0, 0.1) is 0 Å². The van der Waals surface area contributed by atoms with Crippen LogP contribution in [0.2, 0.25) is 0 Å². The van der Waals surface area contributed by atoms with Crippen LogP contribution in [0.15, 0.2) is 56.0 Å². The minimum absolute atomic E-state index is 0.0761. The molecule has 0 spiro atoms. The quantitative estimate of drug-likeness (QED) is 0.164. The molecule has 0 amide bonds. The predicted molar refractivity (Wildman–Crippen MR) is 270 cm³/mol. The Hall–Kier alpha value is -3.66. The maximum absolute atomic E-state index is 5.56. The highest BCUT2D eigenvalue weighted by Crippen LogP contribution is 2.61. The molecule has 0 saturated heterocycles. The molecule has 314 valence electrons. The monoisotopic (exact) mass is 926 g/mol. The van der Waals surface area contributed by atoms with Gasteiger partial charge < -0.3 is 9.97 Å². The third-order valence-corrected chi connectivity index (χ3v) is 20.8. The summed E-state index contributed by atoms with van der Waals surface area (Å²) in [5.41, 5.74) is 14.4. The lowest BCUT2D eigenvalue weighted by Crippen LogP contribution is -2.10. The van der Waals surface area contributed by atoms with E-state index >= 15 is 0 Å². The van der Waals surface area contributed by atoms with E-state index in [9.17, 15) is 0 Å². The van der Waals surface area contributed by atoms with Crippen molar-refractivity contribution in [2.45, 2.75) is 125 Å². The number of aromatic amines is 2. The molecule has 0 radical (unpaired) electrons. The molecule has 4 aromatic carbocycles. The molecule has 62 heavy (non-hydrogen) atoms. The Labute approximate surface area is 384 Å². The molecule has 8 nitrogen and oxygen atoms in total. The van der Waals surface area contributed by atoms with Crippen LogP contribution in [0.3, 0.4) is 0 Å². The van der Waals surface area contributed by atoms with Crippen molar-refractivity contribution in [3.8, 4) is 45.6 Å². The number of aryl methyl sites for hydroxylation is 4. The van der Waals surface area contributed by atoms with Crippen LogP contribution >= 0.6 is 62.8 Å². The van der Waals surface area contributed by atoms with Crippen molar-refractivity contribution in [1.82, 2.24) is 39.9 Å². The van der Waals surface area contributed by atoms with Crippen molar-refractivity contribution in [1.29, 1.82) is 0 Å². The Morgan fingerprint density at radius 1 is 0.403 bits per heavy atom. The van der Waals surface area contributed by atoms with Crippen molar-refractivity contribution in [2.75, 3.05) is 0 Å². The minimum Gasteiger partial charge on any atom is -0.324 e. The van der Waals surface area contributed by atoms with Gasteiger partial charge in [-0.1, -0.05) is 93.5 Å². The van der Waals surface area contributed by atoms with Crippen LogP contribution in [0.4, 0.5) is 0 Å². The van der Waals surface area contributed by atoms with Gasteiger partial charge in [0.05, 0.1) is 0 Å². The maximum Gasteiger partial charge on any atom is 0.164 e. The van der Waals surface area contributed by atoms with Crippen LogP contribution in [-0.2, 0) is 36.5 Å². The number of hydrogen-bond acceptors (Lipinski definition) is 12. The summed E-state index contributed by atoms with van der Waals surface area (Å²) in [5.74, 6) is 2.57. The largest absolute Gasteiger partial charge is 0.324 e. The summed E-state index contributed by atoms with van der Waals surface area (Å²) < 4.78 is 0. The van der Waals surface area contributed by atoms with E-state index in [1.807, 2.05) is 62.8 Å². The molecule has 7 aromatic rings. The van der Waals surface area contributed by atoms with Gasteiger partial charge in [0.1, 0.15) is 22.6 Å². The van der Waals surface area contributed by atoms with Gasteiger partial charge in [0.25, 0.3) is 0 Å². The first-order valence-corrected chi connectivity index (χ1v) is 28.4. The first kappa shape index (κ1) is 41.1. The topological polar surface area (TPSA) is 109 Å². The zero-order valence-electron chi connectivity index (χ0n) is 36.4. The number of rotatable bonds is 4. The Morgan fingerprint density at radius 2 is 0.694 bits per heavy atom. The van der Waals surface area contributed by atoms with Gasteiger partial charge in [0, 0.05) is 63.4 Å². The van der Waals surface area contributed by atoms with Gasteiger partial charge in [-0.3, -0.25) is 0 Å². The second-order valence-corrected chi connectivity index (χ2v) is 26.1. The Morgan fingerprint density at radius 3 is 0.968 bits per heavy atom. The molecular formula is C48H46N8S6.